The summed E-state index contributed by atoms with van der Waals surface area (Å²) in [6.45, 7) is 0. The highest BCUT2D eigenvalue weighted by Crippen LogP contribution is 2.42. The molecular weight excluding hydrogens is 562 g/mol. The summed E-state index contributed by atoms with van der Waals surface area (Å²) in [5.41, 5.74) is 11.5. The molecule has 0 saturated carbocycles. The van der Waals surface area contributed by atoms with Crippen LogP contribution in [0.25, 0.3) is 88.1 Å². The van der Waals surface area contributed by atoms with E-state index < -0.39 is 0 Å². The van der Waals surface area contributed by atoms with Gasteiger partial charge >= 0.3 is 0 Å². The molecule has 9 rings (SSSR count). The molecule has 9 aromatic rings. The van der Waals surface area contributed by atoms with E-state index in [1.807, 2.05) is 79.6 Å². The normalized spacial score (nSPS) is 11.5. The smallest absolute Gasteiger partial charge is 0.0971 e. The molecule has 0 aliphatic carbocycles. The molecule has 0 aliphatic rings. The fourth-order valence-corrected chi connectivity index (χ4v) is 6.59. The minimum absolute atomic E-state index is 0.886. The molecule has 0 amide bonds. The van der Waals surface area contributed by atoms with Crippen LogP contribution in [0.5, 0.6) is 0 Å². The number of fused-ring (bicyclic) bond motifs is 8. The molecule has 5 aromatic heterocycles. The van der Waals surface area contributed by atoms with Gasteiger partial charge in [-0.3, -0.25) is 19.9 Å². The van der Waals surface area contributed by atoms with Gasteiger partial charge in [0, 0.05) is 69.7 Å². The van der Waals surface area contributed by atoms with Gasteiger partial charge in [0.25, 0.3) is 0 Å². The van der Waals surface area contributed by atoms with Crippen LogP contribution in [0.4, 0.5) is 0 Å². The Bertz CT molecular complexity index is 2510. The van der Waals surface area contributed by atoms with Gasteiger partial charge in [0.1, 0.15) is 0 Å². The zero-order valence-electron chi connectivity index (χ0n) is 24.7. The van der Waals surface area contributed by atoms with Crippen LogP contribution < -0.4 is 0 Å². The van der Waals surface area contributed by atoms with Crippen LogP contribution in [0.3, 0.4) is 0 Å². The quantitative estimate of drug-likeness (QED) is 0.192. The van der Waals surface area contributed by atoms with Crippen LogP contribution in [-0.2, 0) is 0 Å². The molecule has 0 unspecified atom stereocenters. The number of aromatic nitrogens is 5. The molecule has 5 heterocycles. The van der Waals surface area contributed by atoms with Crippen LogP contribution in [-0.4, -0.2) is 24.9 Å². The maximum Gasteiger partial charge on any atom is 0.0971 e. The Morgan fingerprint density at radius 1 is 0.348 bits per heavy atom. The Kier molecular flexibility index (Phi) is 6.06. The lowest BCUT2D eigenvalue weighted by Gasteiger charge is -2.16. The number of benzene rings is 4. The van der Waals surface area contributed by atoms with E-state index in [9.17, 15) is 0 Å². The van der Waals surface area contributed by atoms with Crippen molar-refractivity contribution in [2.24, 2.45) is 0 Å². The largest absolute Gasteiger partial charge is 0.265 e. The van der Waals surface area contributed by atoms with E-state index in [0.717, 1.165) is 88.1 Å². The maximum absolute atomic E-state index is 5.28. The highest BCUT2D eigenvalue weighted by Gasteiger charge is 2.18. The highest BCUT2D eigenvalue weighted by molar-refractivity contribution is 6.32. The van der Waals surface area contributed by atoms with Crippen LogP contribution in [0, 0.1) is 0 Å². The summed E-state index contributed by atoms with van der Waals surface area (Å²) in [6, 6.07) is 40.3. The van der Waals surface area contributed by atoms with E-state index in [1.54, 1.807) is 0 Å². The summed E-state index contributed by atoms with van der Waals surface area (Å²) in [4.78, 5) is 23.3. The zero-order chi connectivity index (χ0) is 30.5. The lowest BCUT2D eigenvalue weighted by Crippen LogP contribution is -1.94. The first-order valence-corrected chi connectivity index (χ1v) is 15.2. The summed E-state index contributed by atoms with van der Waals surface area (Å²) in [7, 11) is 0. The fraction of sp³-hybridized carbons (Fsp3) is 0. The van der Waals surface area contributed by atoms with Gasteiger partial charge in [-0.1, -0.05) is 54.6 Å². The van der Waals surface area contributed by atoms with Crippen LogP contribution in [0.15, 0.2) is 152 Å². The van der Waals surface area contributed by atoms with Crippen molar-refractivity contribution in [2.75, 3.05) is 0 Å². The molecule has 0 aliphatic heterocycles. The van der Waals surface area contributed by atoms with E-state index >= 15 is 0 Å². The summed E-state index contributed by atoms with van der Waals surface area (Å²) in [5, 5.41) is 5.48. The lowest BCUT2D eigenvalue weighted by molar-refractivity contribution is 1.33. The first-order chi connectivity index (χ1) is 22.8. The zero-order valence-corrected chi connectivity index (χ0v) is 24.7. The Morgan fingerprint density at radius 2 is 0.826 bits per heavy atom. The third-order valence-electron chi connectivity index (χ3n) is 8.72. The Balaban J connectivity index is 1.26. The van der Waals surface area contributed by atoms with Gasteiger partial charge < -0.3 is 0 Å². The molecule has 0 atom stereocenters. The first kappa shape index (κ1) is 26.1. The Hall–Kier alpha value is -6.33. The van der Waals surface area contributed by atoms with Gasteiger partial charge in [0.2, 0.25) is 0 Å². The number of hydrogen-bond acceptors (Lipinski definition) is 5. The standard InChI is InChI=1S/C41H25N5/c1-2-8-36-33(5-1)37-34-6-3-17-44-40(34)41-35(7-4-18-45-41)38(37)39(46-36)29-11-9-26(10-12-29)30-23-31(27-13-19-42-20-14-27)25-32(24-30)28-15-21-43-22-16-28/h1-25H. The van der Waals surface area contributed by atoms with Crippen molar-refractivity contribution < 1.29 is 0 Å². The maximum atomic E-state index is 5.28. The second-order valence-electron chi connectivity index (χ2n) is 11.4. The van der Waals surface area contributed by atoms with Crippen molar-refractivity contribution in [1.82, 2.24) is 24.9 Å². The van der Waals surface area contributed by atoms with Crippen molar-refractivity contribution in [3.63, 3.8) is 0 Å². The molecule has 0 N–H and O–H groups in total. The predicted octanol–water partition coefficient (Wildman–Crippen LogP) is 9.94. The molecule has 5 nitrogen and oxygen atoms in total. The summed E-state index contributed by atoms with van der Waals surface area (Å²) >= 11 is 0. The van der Waals surface area contributed by atoms with E-state index in [4.69, 9.17) is 15.0 Å². The van der Waals surface area contributed by atoms with Crippen molar-refractivity contribution in [2.45, 2.75) is 0 Å². The molecule has 4 aromatic carbocycles. The highest BCUT2D eigenvalue weighted by atomic mass is 14.7. The summed E-state index contributed by atoms with van der Waals surface area (Å²) in [6.07, 6.45) is 11.0. The van der Waals surface area contributed by atoms with Gasteiger partial charge in [-0.05, 0) is 94.0 Å². The van der Waals surface area contributed by atoms with Crippen LogP contribution >= 0.6 is 0 Å². The van der Waals surface area contributed by atoms with E-state index in [-0.39, 0.29) is 0 Å². The van der Waals surface area contributed by atoms with Gasteiger partial charge in [-0.25, -0.2) is 4.98 Å². The average Bonchev–Trinajstić information content (AvgIpc) is 3.15. The molecule has 214 valence electrons. The molecule has 0 fully saturated rings. The summed E-state index contributed by atoms with van der Waals surface area (Å²) < 4.78 is 0. The van der Waals surface area contributed by atoms with Gasteiger partial charge in [0.15, 0.2) is 0 Å². The van der Waals surface area contributed by atoms with Gasteiger partial charge in [-0.15, -0.1) is 0 Å². The molecular formula is C41H25N5. The topological polar surface area (TPSA) is 64.5 Å². The number of rotatable bonds is 4. The fourth-order valence-electron chi connectivity index (χ4n) is 6.59. The lowest BCUT2D eigenvalue weighted by atomic mass is 9.91. The first-order valence-electron chi connectivity index (χ1n) is 15.2. The van der Waals surface area contributed by atoms with E-state index in [0.29, 0.717) is 0 Å². The summed E-state index contributed by atoms with van der Waals surface area (Å²) in [5.74, 6) is 0. The Morgan fingerprint density at radius 3 is 1.41 bits per heavy atom. The third kappa shape index (κ3) is 4.29. The van der Waals surface area contributed by atoms with Gasteiger partial charge in [-0.2, -0.15) is 0 Å². The number of nitrogens with zero attached hydrogens (tertiary/aromatic N) is 5. The molecule has 46 heavy (non-hydrogen) atoms. The molecule has 0 saturated heterocycles. The third-order valence-corrected chi connectivity index (χ3v) is 8.72. The Labute approximate surface area is 264 Å². The van der Waals surface area contributed by atoms with Crippen molar-refractivity contribution in [1.29, 1.82) is 0 Å². The van der Waals surface area contributed by atoms with Gasteiger partial charge in [0.05, 0.1) is 22.2 Å². The van der Waals surface area contributed by atoms with Crippen LogP contribution in [0.1, 0.15) is 0 Å². The SMILES string of the molecule is c1ccc2c(c1)nc(-c1ccc(-c3cc(-c4ccncc4)cc(-c4ccncc4)c3)cc1)c1c3cccnc3c3ncccc3c21. The predicted molar refractivity (Wildman–Crippen MR) is 187 cm³/mol. The van der Waals surface area contributed by atoms with Crippen molar-refractivity contribution in [3.8, 4) is 44.6 Å². The van der Waals surface area contributed by atoms with E-state index in [2.05, 4.69) is 82.8 Å². The monoisotopic (exact) mass is 587 g/mol. The number of para-hydroxylation sites is 1. The van der Waals surface area contributed by atoms with Crippen molar-refractivity contribution >= 4 is 43.5 Å². The van der Waals surface area contributed by atoms with Crippen LogP contribution in [0.2, 0.25) is 0 Å². The second kappa shape index (κ2) is 10.7. The van der Waals surface area contributed by atoms with E-state index in [1.165, 1.54) is 0 Å². The molecule has 0 radical (unpaired) electrons. The second-order valence-corrected chi connectivity index (χ2v) is 11.4. The minimum atomic E-state index is 0.886. The average molecular weight is 588 g/mol. The molecule has 0 spiro atoms. The number of pyridine rings is 5. The van der Waals surface area contributed by atoms with Crippen molar-refractivity contribution in [3.05, 3.63) is 152 Å². The molecule has 0 bridgehead atoms. The molecule has 5 heteroatoms. The minimum Gasteiger partial charge on any atom is -0.265 e. The number of hydrogen-bond donors (Lipinski definition) is 0.